The van der Waals surface area contributed by atoms with Gasteiger partial charge in [0.1, 0.15) is 23.9 Å². The van der Waals surface area contributed by atoms with Crippen molar-refractivity contribution in [2.45, 2.75) is 69.9 Å². The van der Waals surface area contributed by atoms with E-state index in [0.29, 0.717) is 0 Å². The molecule has 2 aliphatic rings. The van der Waals surface area contributed by atoms with Crippen LogP contribution in [0.25, 0.3) is 10.4 Å². The molecule has 4 rings (SSSR count). The van der Waals surface area contributed by atoms with Gasteiger partial charge in [-0.15, -0.1) is 0 Å². The van der Waals surface area contributed by atoms with E-state index in [1.807, 2.05) is 60.7 Å². The lowest BCUT2D eigenvalue weighted by atomic mass is 9.89. The van der Waals surface area contributed by atoms with Crippen LogP contribution in [0, 0.1) is 0 Å². The molecule has 38 heavy (non-hydrogen) atoms. The first-order valence-electron chi connectivity index (χ1n) is 12.6. The molecular weight excluding hydrogens is 490 g/mol. The molecule has 0 radical (unpaired) electrons. The monoisotopic (exact) mass is 523 g/mol. The van der Waals surface area contributed by atoms with E-state index >= 15 is 0 Å². The molecule has 0 saturated carbocycles. The maximum Gasteiger partial charge on any atom is 0.330 e. The molecule has 0 aliphatic carbocycles. The van der Waals surface area contributed by atoms with Crippen molar-refractivity contribution in [1.82, 2.24) is 0 Å². The van der Waals surface area contributed by atoms with Crippen LogP contribution >= 0.6 is 0 Å². The van der Waals surface area contributed by atoms with E-state index in [0.717, 1.165) is 11.1 Å². The molecule has 0 aromatic heterocycles. The number of nitrogens with zero attached hydrogens (tertiary/aromatic N) is 3. The number of carbonyl (C=O) groups excluding carboxylic acids is 1. The Kier molecular flexibility index (Phi) is 9.17. The van der Waals surface area contributed by atoms with E-state index in [-0.39, 0.29) is 26.4 Å². The predicted molar refractivity (Wildman–Crippen MR) is 137 cm³/mol. The van der Waals surface area contributed by atoms with Crippen molar-refractivity contribution >= 4 is 5.97 Å². The van der Waals surface area contributed by atoms with Gasteiger partial charge >= 0.3 is 5.97 Å². The molecule has 5 unspecified atom stereocenters. The summed E-state index contributed by atoms with van der Waals surface area (Å²) in [5.41, 5.74) is 10.0. The summed E-state index contributed by atoms with van der Waals surface area (Å²) >= 11 is 0. The summed E-state index contributed by atoms with van der Waals surface area (Å²) in [5.74, 6) is -1.51. The zero-order valence-corrected chi connectivity index (χ0v) is 21.8. The quantitative estimate of drug-likeness (QED) is 0.128. The maximum atomic E-state index is 12.3. The van der Waals surface area contributed by atoms with Gasteiger partial charge in [-0.2, -0.15) is 0 Å². The number of rotatable bonds is 12. The number of fused-ring (bicyclic) bond motifs is 1. The van der Waals surface area contributed by atoms with Gasteiger partial charge < -0.3 is 28.4 Å². The summed E-state index contributed by atoms with van der Waals surface area (Å²) in [5, 5.41) is 4.11. The average Bonchev–Trinajstić information content (AvgIpc) is 3.40. The molecule has 202 valence electrons. The summed E-state index contributed by atoms with van der Waals surface area (Å²) < 4.78 is 35.9. The minimum atomic E-state index is -1.46. The topological polar surface area (TPSA) is 121 Å². The highest BCUT2D eigenvalue weighted by molar-refractivity contribution is 5.82. The van der Waals surface area contributed by atoms with Gasteiger partial charge in [-0.1, -0.05) is 71.9 Å². The largest absolute Gasteiger partial charge is 0.463 e. The molecule has 0 bridgehead atoms. The van der Waals surface area contributed by atoms with E-state index < -0.39 is 41.9 Å². The van der Waals surface area contributed by atoms with Gasteiger partial charge in [0, 0.05) is 11.0 Å². The van der Waals surface area contributed by atoms with E-state index in [2.05, 4.69) is 10.0 Å². The number of carbonyl (C=O) groups is 1. The van der Waals surface area contributed by atoms with Crippen molar-refractivity contribution in [2.75, 3.05) is 13.2 Å². The van der Waals surface area contributed by atoms with Crippen molar-refractivity contribution in [2.24, 2.45) is 5.11 Å². The number of ether oxygens (including phenoxy) is 6. The molecule has 2 aromatic rings. The Hall–Kier alpha value is -3.24. The third kappa shape index (κ3) is 6.79. The Morgan fingerprint density at radius 2 is 1.68 bits per heavy atom. The zero-order chi connectivity index (χ0) is 27.0. The number of azide groups is 1. The van der Waals surface area contributed by atoms with E-state index in [1.165, 1.54) is 12.2 Å². The molecule has 5 atom stereocenters. The summed E-state index contributed by atoms with van der Waals surface area (Å²) in [6.45, 7) is 5.95. The second-order valence-corrected chi connectivity index (χ2v) is 9.53. The SMILES string of the molecule is CCOC(=O)/C=C/C(COCc1ccccc1)(N=[N+]=[N-])C1OC(OCc2ccccc2)C2OC(C)(C)OC21. The molecule has 2 aromatic carbocycles. The summed E-state index contributed by atoms with van der Waals surface area (Å²) in [6.07, 6.45) is -0.272. The fourth-order valence-electron chi connectivity index (χ4n) is 4.59. The average molecular weight is 524 g/mol. The number of hydrogen-bond donors (Lipinski definition) is 0. The summed E-state index contributed by atoms with van der Waals surface area (Å²) in [7, 11) is 0. The van der Waals surface area contributed by atoms with Crippen LogP contribution in [0.15, 0.2) is 77.9 Å². The Balaban J connectivity index is 1.62. The van der Waals surface area contributed by atoms with Gasteiger partial charge in [0.25, 0.3) is 0 Å². The maximum absolute atomic E-state index is 12.3. The van der Waals surface area contributed by atoms with Crippen LogP contribution in [-0.4, -0.2) is 55.1 Å². The molecule has 2 aliphatic heterocycles. The Bertz CT molecular complexity index is 1140. The van der Waals surface area contributed by atoms with E-state index in [9.17, 15) is 10.3 Å². The van der Waals surface area contributed by atoms with Crippen molar-refractivity contribution in [1.29, 1.82) is 0 Å². The minimum absolute atomic E-state index is 0.0923. The van der Waals surface area contributed by atoms with Crippen molar-refractivity contribution in [3.8, 4) is 0 Å². The Morgan fingerprint density at radius 3 is 2.32 bits per heavy atom. The zero-order valence-electron chi connectivity index (χ0n) is 21.8. The first-order valence-corrected chi connectivity index (χ1v) is 12.6. The van der Waals surface area contributed by atoms with Gasteiger partial charge in [0.15, 0.2) is 12.1 Å². The van der Waals surface area contributed by atoms with Crippen LogP contribution in [0.1, 0.15) is 31.9 Å². The summed E-state index contributed by atoms with van der Waals surface area (Å²) in [4.78, 5) is 15.3. The Morgan fingerprint density at radius 1 is 1.05 bits per heavy atom. The van der Waals surface area contributed by atoms with E-state index in [1.54, 1.807) is 20.8 Å². The summed E-state index contributed by atoms with van der Waals surface area (Å²) in [6, 6.07) is 19.3. The highest BCUT2D eigenvalue weighted by Crippen LogP contribution is 2.44. The van der Waals surface area contributed by atoms with Gasteiger partial charge in [-0.25, -0.2) is 4.79 Å². The van der Waals surface area contributed by atoms with Crippen molar-refractivity contribution in [3.63, 3.8) is 0 Å². The van der Waals surface area contributed by atoms with Crippen LogP contribution in [0.4, 0.5) is 0 Å². The number of esters is 1. The van der Waals surface area contributed by atoms with Crippen LogP contribution < -0.4 is 0 Å². The smallest absolute Gasteiger partial charge is 0.330 e. The standard InChI is InChI=1S/C28H33N3O7/c1-4-34-22(32)15-16-28(30-31-29,19-33-17-20-11-7-5-8-12-20)25-23-24(38-27(2,3)37-23)26(36-25)35-18-21-13-9-6-10-14-21/h5-16,23-26H,4,17-19H2,1-3H3/b16-15+. The van der Waals surface area contributed by atoms with Gasteiger partial charge in [0.05, 0.1) is 26.4 Å². The molecular formula is C28H33N3O7. The molecule has 10 nitrogen and oxygen atoms in total. The molecule has 2 heterocycles. The lowest BCUT2D eigenvalue weighted by molar-refractivity contribution is -0.243. The molecule has 2 saturated heterocycles. The highest BCUT2D eigenvalue weighted by atomic mass is 16.8. The third-order valence-electron chi connectivity index (χ3n) is 6.23. The molecule has 0 spiro atoms. The molecule has 0 N–H and O–H groups in total. The first kappa shape index (κ1) is 27.8. The number of benzene rings is 2. The lowest BCUT2D eigenvalue weighted by Crippen LogP contribution is -2.50. The highest BCUT2D eigenvalue weighted by Gasteiger charge is 2.61. The minimum Gasteiger partial charge on any atom is -0.463 e. The fourth-order valence-corrected chi connectivity index (χ4v) is 4.59. The van der Waals surface area contributed by atoms with Crippen molar-refractivity contribution in [3.05, 3.63) is 94.4 Å². The van der Waals surface area contributed by atoms with Crippen LogP contribution in [0.5, 0.6) is 0 Å². The predicted octanol–water partition coefficient (Wildman–Crippen LogP) is 4.83. The first-order chi connectivity index (χ1) is 18.4. The molecule has 0 amide bonds. The normalized spacial score (nSPS) is 25.4. The van der Waals surface area contributed by atoms with Crippen LogP contribution in [0.2, 0.25) is 0 Å². The molecule has 2 fully saturated rings. The Labute approximate surface area is 222 Å². The van der Waals surface area contributed by atoms with Crippen LogP contribution in [0.3, 0.4) is 0 Å². The van der Waals surface area contributed by atoms with Gasteiger partial charge in [-0.05, 0) is 37.4 Å². The lowest BCUT2D eigenvalue weighted by Gasteiger charge is -2.34. The van der Waals surface area contributed by atoms with E-state index in [4.69, 9.17) is 28.4 Å². The van der Waals surface area contributed by atoms with Crippen LogP contribution in [-0.2, 0) is 46.4 Å². The second kappa shape index (κ2) is 12.5. The second-order valence-electron chi connectivity index (χ2n) is 9.53. The van der Waals surface area contributed by atoms with Gasteiger partial charge in [0.2, 0.25) is 0 Å². The third-order valence-corrected chi connectivity index (χ3v) is 6.23. The van der Waals surface area contributed by atoms with Crippen molar-refractivity contribution < 1.29 is 33.2 Å². The molecule has 10 heteroatoms. The fraction of sp³-hybridized carbons (Fsp3) is 0.464. The number of hydrogen-bond acceptors (Lipinski definition) is 8. The van der Waals surface area contributed by atoms with Gasteiger partial charge in [-0.3, -0.25) is 0 Å².